The lowest BCUT2D eigenvalue weighted by molar-refractivity contribution is -0.152. The summed E-state index contributed by atoms with van der Waals surface area (Å²) in [6.45, 7) is 6.49. The lowest BCUT2D eigenvalue weighted by atomic mass is 9.98. The lowest BCUT2D eigenvalue weighted by Gasteiger charge is -2.30. The van der Waals surface area contributed by atoms with E-state index in [4.69, 9.17) is 9.47 Å². The molecule has 0 N–H and O–H groups in total. The van der Waals surface area contributed by atoms with E-state index in [9.17, 15) is 9.59 Å². The van der Waals surface area contributed by atoms with Crippen LogP contribution in [0.5, 0.6) is 0 Å². The summed E-state index contributed by atoms with van der Waals surface area (Å²) in [5.41, 5.74) is 0. The topological polar surface area (TPSA) is 55.8 Å². The molecule has 5 nitrogen and oxygen atoms in total. The monoisotopic (exact) mass is 271 g/mol. The molecule has 0 bridgehead atoms. The Hall–Kier alpha value is -1.10. The molecule has 1 aliphatic rings. The van der Waals surface area contributed by atoms with Gasteiger partial charge in [0, 0.05) is 6.54 Å². The molecular formula is C14H25NO4. The largest absolute Gasteiger partial charge is 0.466 e. The van der Waals surface area contributed by atoms with Crippen molar-refractivity contribution in [2.75, 3.05) is 32.8 Å². The summed E-state index contributed by atoms with van der Waals surface area (Å²) in [4.78, 5) is 25.3. The average molecular weight is 271 g/mol. The van der Waals surface area contributed by atoms with Crippen LogP contribution in [0.3, 0.4) is 0 Å². The zero-order chi connectivity index (χ0) is 14.1. The summed E-state index contributed by atoms with van der Waals surface area (Å²) >= 11 is 0. The molecule has 1 saturated heterocycles. The molecule has 1 aliphatic heterocycles. The van der Waals surface area contributed by atoms with E-state index in [1.54, 1.807) is 0 Å². The van der Waals surface area contributed by atoms with Gasteiger partial charge in [-0.25, -0.2) is 0 Å². The molecule has 110 valence electrons. The Kier molecular flexibility index (Phi) is 7.48. The second-order valence-electron chi connectivity index (χ2n) is 4.90. The van der Waals surface area contributed by atoms with E-state index in [0.29, 0.717) is 19.8 Å². The van der Waals surface area contributed by atoms with Crippen molar-refractivity contribution in [1.82, 2.24) is 4.90 Å². The number of unbranched alkanes of at least 4 members (excludes halogenated alkanes) is 1. The number of hydrogen-bond acceptors (Lipinski definition) is 5. The first-order chi connectivity index (χ1) is 9.17. The van der Waals surface area contributed by atoms with Crippen LogP contribution in [0.1, 0.15) is 39.5 Å². The molecular weight excluding hydrogens is 246 g/mol. The minimum absolute atomic E-state index is 0.0999. The van der Waals surface area contributed by atoms with E-state index >= 15 is 0 Å². The number of nitrogens with zero attached hydrogens (tertiary/aromatic N) is 1. The highest BCUT2D eigenvalue weighted by molar-refractivity contribution is 5.74. The molecule has 1 heterocycles. The van der Waals surface area contributed by atoms with Gasteiger partial charge in [-0.2, -0.15) is 0 Å². The van der Waals surface area contributed by atoms with Crippen LogP contribution in [-0.2, 0) is 19.1 Å². The van der Waals surface area contributed by atoms with Crippen molar-refractivity contribution >= 4 is 11.9 Å². The van der Waals surface area contributed by atoms with Gasteiger partial charge < -0.3 is 9.47 Å². The van der Waals surface area contributed by atoms with Gasteiger partial charge in [0.15, 0.2) is 0 Å². The molecule has 0 aromatic carbocycles. The normalized spacial score (nSPS) is 20.0. The molecule has 0 amide bonds. The number of likely N-dealkylation sites (tertiary alicyclic amines) is 1. The van der Waals surface area contributed by atoms with Crippen LogP contribution in [0.25, 0.3) is 0 Å². The number of esters is 2. The third-order valence-electron chi connectivity index (χ3n) is 3.24. The van der Waals surface area contributed by atoms with E-state index in [2.05, 4.69) is 6.92 Å². The van der Waals surface area contributed by atoms with Crippen LogP contribution >= 0.6 is 0 Å². The van der Waals surface area contributed by atoms with Gasteiger partial charge in [0.2, 0.25) is 0 Å². The number of carbonyl (C=O) groups is 2. The van der Waals surface area contributed by atoms with Crippen molar-refractivity contribution in [3.05, 3.63) is 0 Å². The summed E-state index contributed by atoms with van der Waals surface area (Å²) < 4.78 is 10.2. The van der Waals surface area contributed by atoms with E-state index in [1.807, 2.05) is 11.8 Å². The maximum atomic E-state index is 11.7. The first-order valence-electron chi connectivity index (χ1n) is 7.22. The fraction of sp³-hybridized carbons (Fsp3) is 0.857. The summed E-state index contributed by atoms with van der Waals surface area (Å²) in [7, 11) is 0. The van der Waals surface area contributed by atoms with Crippen molar-refractivity contribution in [3.63, 3.8) is 0 Å². The number of piperidine rings is 1. The van der Waals surface area contributed by atoms with Gasteiger partial charge in [-0.1, -0.05) is 13.3 Å². The maximum Gasteiger partial charge on any atom is 0.320 e. The molecule has 0 saturated carbocycles. The Morgan fingerprint density at radius 2 is 2.05 bits per heavy atom. The van der Waals surface area contributed by atoms with E-state index in [-0.39, 0.29) is 24.4 Å². The fourth-order valence-electron chi connectivity index (χ4n) is 2.21. The summed E-state index contributed by atoms with van der Waals surface area (Å²) in [5.74, 6) is -0.443. The van der Waals surface area contributed by atoms with Gasteiger partial charge >= 0.3 is 11.9 Å². The van der Waals surface area contributed by atoms with Gasteiger partial charge in [-0.3, -0.25) is 14.5 Å². The number of carbonyl (C=O) groups excluding carboxylic acids is 2. The summed E-state index contributed by atoms with van der Waals surface area (Å²) in [6, 6.07) is 0. The summed E-state index contributed by atoms with van der Waals surface area (Å²) in [5, 5.41) is 0. The lowest BCUT2D eigenvalue weighted by Crippen LogP contribution is -2.42. The molecule has 5 heteroatoms. The van der Waals surface area contributed by atoms with Crippen molar-refractivity contribution in [2.45, 2.75) is 39.5 Å². The molecule has 0 spiro atoms. The number of rotatable bonds is 7. The van der Waals surface area contributed by atoms with Crippen LogP contribution < -0.4 is 0 Å². The van der Waals surface area contributed by atoms with Crippen LogP contribution in [-0.4, -0.2) is 49.7 Å². The van der Waals surface area contributed by atoms with Crippen LogP contribution in [0.15, 0.2) is 0 Å². The third kappa shape index (κ3) is 6.05. The SMILES string of the molecule is CCCCOC(=O)CN1CCC[C@H](C(=O)OCC)C1. The molecule has 0 unspecified atom stereocenters. The highest BCUT2D eigenvalue weighted by atomic mass is 16.5. The van der Waals surface area contributed by atoms with Gasteiger partial charge in [-0.05, 0) is 32.7 Å². The highest BCUT2D eigenvalue weighted by Crippen LogP contribution is 2.17. The Bertz CT molecular complexity index is 293. The number of hydrogen-bond donors (Lipinski definition) is 0. The average Bonchev–Trinajstić information content (AvgIpc) is 2.39. The molecule has 1 rings (SSSR count). The van der Waals surface area contributed by atoms with Gasteiger partial charge in [-0.15, -0.1) is 0 Å². The van der Waals surface area contributed by atoms with Gasteiger partial charge in [0.1, 0.15) is 0 Å². The predicted molar refractivity (Wildman–Crippen MR) is 71.7 cm³/mol. The van der Waals surface area contributed by atoms with Gasteiger partial charge in [0.25, 0.3) is 0 Å². The smallest absolute Gasteiger partial charge is 0.320 e. The standard InChI is InChI=1S/C14H25NO4/c1-3-5-9-19-13(16)11-15-8-6-7-12(10-15)14(17)18-4-2/h12H,3-11H2,1-2H3/t12-/m0/s1. The van der Waals surface area contributed by atoms with E-state index in [0.717, 1.165) is 32.2 Å². The molecule has 0 aliphatic carbocycles. The Morgan fingerprint density at radius 1 is 1.26 bits per heavy atom. The highest BCUT2D eigenvalue weighted by Gasteiger charge is 2.27. The number of ether oxygens (including phenoxy) is 2. The van der Waals surface area contributed by atoms with Crippen molar-refractivity contribution in [1.29, 1.82) is 0 Å². The fourth-order valence-corrected chi connectivity index (χ4v) is 2.21. The van der Waals surface area contributed by atoms with Crippen LogP contribution in [0.4, 0.5) is 0 Å². The van der Waals surface area contributed by atoms with Crippen molar-refractivity contribution < 1.29 is 19.1 Å². The summed E-state index contributed by atoms with van der Waals surface area (Å²) in [6.07, 6.45) is 3.69. The zero-order valence-electron chi connectivity index (χ0n) is 12.0. The second kappa shape index (κ2) is 8.91. The van der Waals surface area contributed by atoms with Crippen molar-refractivity contribution in [3.8, 4) is 0 Å². The first kappa shape index (κ1) is 16.0. The Morgan fingerprint density at radius 3 is 2.74 bits per heavy atom. The zero-order valence-corrected chi connectivity index (χ0v) is 12.0. The quantitative estimate of drug-likeness (QED) is 0.520. The molecule has 0 radical (unpaired) electrons. The predicted octanol–water partition coefficient (Wildman–Crippen LogP) is 1.60. The minimum Gasteiger partial charge on any atom is -0.466 e. The van der Waals surface area contributed by atoms with Gasteiger partial charge in [0.05, 0.1) is 25.7 Å². The molecule has 19 heavy (non-hydrogen) atoms. The third-order valence-corrected chi connectivity index (χ3v) is 3.24. The van der Waals surface area contributed by atoms with Crippen molar-refractivity contribution in [2.24, 2.45) is 5.92 Å². The van der Waals surface area contributed by atoms with Crippen LogP contribution in [0.2, 0.25) is 0 Å². The molecule has 0 aromatic rings. The van der Waals surface area contributed by atoms with Crippen LogP contribution in [0, 0.1) is 5.92 Å². The second-order valence-corrected chi connectivity index (χ2v) is 4.90. The molecule has 0 aromatic heterocycles. The Labute approximate surface area is 115 Å². The first-order valence-corrected chi connectivity index (χ1v) is 7.22. The van der Waals surface area contributed by atoms with E-state index in [1.165, 1.54) is 0 Å². The maximum absolute atomic E-state index is 11.7. The molecule has 1 atom stereocenters. The van der Waals surface area contributed by atoms with E-state index < -0.39 is 0 Å². The molecule has 1 fully saturated rings. The Balaban J connectivity index is 2.30. The minimum atomic E-state index is -0.196.